The SMILES string of the molecule is CC(CCn1cccn1)NCc1cnn(-c2ccc(F)cc2)c1. The second kappa shape index (κ2) is 7.19. The second-order valence-electron chi connectivity index (χ2n) is 5.61. The van der Waals surface area contributed by atoms with E-state index in [4.69, 9.17) is 0 Å². The highest BCUT2D eigenvalue weighted by molar-refractivity contribution is 5.31. The zero-order chi connectivity index (χ0) is 16.1. The van der Waals surface area contributed by atoms with Gasteiger partial charge in [0.15, 0.2) is 0 Å². The van der Waals surface area contributed by atoms with E-state index in [9.17, 15) is 4.39 Å². The number of aromatic nitrogens is 4. The van der Waals surface area contributed by atoms with E-state index in [0.29, 0.717) is 6.04 Å². The third-order valence-electron chi connectivity index (χ3n) is 3.73. The minimum atomic E-state index is -0.242. The molecule has 120 valence electrons. The van der Waals surface area contributed by atoms with Gasteiger partial charge >= 0.3 is 0 Å². The summed E-state index contributed by atoms with van der Waals surface area (Å²) in [4.78, 5) is 0. The van der Waals surface area contributed by atoms with Gasteiger partial charge < -0.3 is 5.32 Å². The quantitative estimate of drug-likeness (QED) is 0.729. The fraction of sp³-hybridized carbons (Fsp3) is 0.294. The van der Waals surface area contributed by atoms with Crippen LogP contribution in [0.15, 0.2) is 55.1 Å². The molecule has 6 heteroatoms. The standard InChI is InChI=1S/C17H20FN5/c1-14(7-10-22-9-2-8-20-22)19-11-15-12-21-23(13-15)17-5-3-16(18)4-6-17/h2-6,8-9,12-14,19H,7,10-11H2,1H3. The number of halogens is 1. The molecule has 0 spiro atoms. The van der Waals surface area contributed by atoms with Crippen molar-refractivity contribution in [2.45, 2.75) is 32.5 Å². The Bertz CT molecular complexity index is 718. The number of hydrogen-bond acceptors (Lipinski definition) is 3. The molecular formula is C17H20FN5. The molecule has 0 saturated carbocycles. The summed E-state index contributed by atoms with van der Waals surface area (Å²) in [7, 11) is 0. The van der Waals surface area contributed by atoms with Crippen LogP contribution in [-0.4, -0.2) is 25.6 Å². The Labute approximate surface area is 134 Å². The third-order valence-corrected chi connectivity index (χ3v) is 3.73. The van der Waals surface area contributed by atoms with Gasteiger partial charge in [0.25, 0.3) is 0 Å². The van der Waals surface area contributed by atoms with E-state index in [1.807, 2.05) is 29.3 Å². The molecule has 3 rings (SSSR count). The molecule has 0 aliphatic rings. The van der Waals surface area contributed by atoms with Gasteiger partial charge in [-0.25, -0.2) is 9.07 Å². The van der Waals surface area contributed by atoms with Crippen LogP contribution < -0.4 is 5.32 Å². The molecule has 0 radical (unpaired) electrons. The fourth-order valence-electron chi connectivity index (χ4n) is 2.34. The summed E-state index contributed by atoms with van der Waals surface area (Å²) >= 11 is 0. The van der Waals surface area contributed by atoms with Gasteiger partial charge in [0, 0.05) is 43.3 Å². The van der Waals surface area contributed by atoms with Gasteiger partial charge in [-0.3, -0.25) is 4.68 Å². The fourth-order valence-corrected chi connectivity index (χ4v) is 2.34. The molecule has 0 aliphatic heterocycles. The van der Waals surface area contributed by atoms with E-state index in [0.717, 1.165) is 30.8 Å². The van der Waals surface area contributed by atoms with Gasteiger partial charge in [0.2, 0.25) is 0 Å². The van der Waals surface area contributed by atoms with E-state index < -0.39 is 0 Å². The van der Waals surface area contributed by atoms with Crippen molar-refractivity contribution in [3.05, 3.63) is 66.5 Å². The van der Waals surface area contributed by atoms with E-state index >= 15 is 0 Å². The summed E-state index contributed by atoms with van der Waals surface area (Å²) in [5, 5.41) is 12.0. The van der Waals surface area contributed by atoms with Crippen LogP contribution in [0.5, 0.6) is 0 Å². The van der Waals surface area contributed by atoms with Crippen LogP contribution in [0, 0.1) is 5.82 Å². The highest BCUT2D eigenvalue weighted by atomic mass is 19.1. The number of benzene rings is 1. The van der Waals surface area contributed by atoms with Gasteiger partial charge in [-0.05, 0) is 43.7 Å². The van der Waals surface area contributed by atoms with Crippen LogP contribution in [0.1, 0.15) is 18.9 Å². The van der Waals surface area contributed by atoms with E-state index in [2.05, 4.69) is 22.4 Å². The van der Waals surface area contributed by atoms with Crippen LogP contribution in [0.4, 0.5) is 4.39 Å². The first kappa shape index (κ1) is 15.4. The molecule has 1 aromatic carbocycles. The molecular weight excluding hydrogens is 293 g/mol. The van der Waals surface area contributed by atoms with Gasteiger partial charge in [-0.15, -0.1) is 0 Å². The van der Waals surface area contributed by atoms with Crippen LogP contribution in [0.3, 0.4) is 0 Å². The van der Waals surface area contributed by atoms with Gasteiger partial charge in [0.1, 0.15) is 5.82 Å². The zero-order valence-corrected chi connectivity index (χ0v) is 13.1. The average molecular weight is 313 g/mol. The Hall–Kier alpha value is -2.47. The van der Waals surface area contributed by atoms with E-state index in [-0.39, 0.29) is 5.82 Å². The van der Waals surface area contributed by atoms with Crippen LogP contribution in [0.25, 0.3) is 5.69 Å². The molecule has 23 heavy (non-hydrogen) atoms. The second-order valence-corrected chi connectivity index (χ2v) is 5.61. The molecule has 1 atom stereocenters. The smallest absolute Gasteiger partial charge is 0.123 e. The Kier molecular flexibility index (Phi) is 4.83. The lowest BCUT2D eigenvalue weighted by Gasteiger charge is -2.12. The zero-order valence-electron chi connectivity index (χ0n) is 13.1. The first-order valence-electron chi connectivity index (χ1n) is 7.71. The van der Waals surface area contributed by atoms with Gasteiger partial charge in [-0.1, -0.05) is 0 Å². The molecule has 1 unspecified atom stereocenters. The van der Waals surface area contributed by atoms with E-state index in [1.165, 1.54) is 12.1 Å². The normalized spacial score (nSPS) is 12.4. The lowest BCUT2D eigenvalue weighted by atomic mass is 10.2. The number of hydrogen-bond donors (Lipinski definition) is 1. The van der Waals surface area contributed by atoms with Gasteiger partial charge in [0.05, 0.1) is 11.9 Å². The lowest BCUT2D eigenvalue weighted by molar-refractivity contribution is 0.458. The van der Waals surface area contributed by atoms with Crippen molar-refractivity contribution >= 4 is 0 Å². The molecule has 0 saturated heterocycles. The maximum atomic E-state index is 12.9. The van der Waals surface area contributed by atoms with Crippen molar-refractivity contribution in [2.75, 3.05) is 0 Å². The number of aryl methyl sites for hydroxylation is 1. The summed E-state index contributed by atoms with van der Waals surface area (Å²) in [6, 6.07) is 8.62. The van der Waals surface area contributed by atoms with Crippen molar-refractivity contribution in [1.82, 2.24) is 24.9 Å². The Morgan fingerprint density at radius 1 is 1.22 bits per heavy atom. The molecule has 5 nitrogen and oxygen atoms in total. The lowest BCUT2D eigenvalue weighted by Crippen LogP contribution is -2.26. The monoisotopic (exact) mass is 313 g/mol. The van der Waals surface area contributed by atoms with Crippen LogP contribution in [-0.2, 0) is 13.1 Å². The number of rotatable bonds is 7. The summed E-state index contributed by atoms with van der Waals surface area (Å²) in [6.45, 7) is 3.81. The topological polar surface area (TPSA) is 47.7 Å². The maximum Gasteiger partial charge on any atom is 0.123 e. The van der Waals surface area contributed by atoms with Gasteiger partial charge in [-0.2, -0.15) is 10.2 Å². The van der Waals surface area contributed by atoms with Crippen LogP contribution >= 0.6 is 0 Å². The molecule has 0 aliphatic carbocycles. The summed E-state index contributed by atoms with van der Waals surface area (Å²) in [5.74, 6) is -0.242. The van der Waals surface area contributed by atoms with E-state index in [1.54, 1.807) is 23.0 Å². The number of nitrogens with one attached hydrogen (secondary N) is 1. The van der Waals surface area contributed by atoms with Crippen molar-refractivity contribution in [3.8, 4) is 5.69 Å². The van der Waals surface area contributed by atoms with Crippen molar-refractivity contribution in [1.29, 1.82) is 0 Å². The molecule has 2 heterocycles. The molecule has 3 aromatic rings. The molecule has 0 amide bonds. The largest absolute Gasteiger partial charge is 0.310 e. The molecule has 0 bridgehead atoms. The molecule has 2 aromatic heterocycles. The van der Waals surface area contributed by atoms with Crippen molar-refractivity contribution < 1.29 is 4.39 Å². The Balaban J connectivity index is 1.49. The highest BCUT2D eigenvalue weighted by Crippen LogP contribution is 2.09. The summed E-state index contributed by atoms with van der Waals surface area (Å²) < 4.78 is 16.6. The predicted octanol–water partition coefficient (Wildman–Crippen LogP) is 2.78. The first-order chi connectivity index (χ1) is 11.2. The minimum Gasteiger partial charge on any atom is -0.310 e. The molecule has 0 fully saturated rings. The number of nitrogens with zero attached hydrogens (tertiary/aromatic N) is 4. The summed E-state index contributed by atoms with van der Waals surface area (Å²) in [6.07, 6.45) is 8.56. The van der Waals surface area contributed by atoms with Crippen LogP contribution in [0.2, 0.25) is 0 Å². The first-order valence-corrected chi connectivity index (χ1v) is 7.71. The predicted molar refractivity (Wildman–Crippen MR) is 86.7 cm³/mol. The van der Waals surface area contributed by atoms with Crippen molar-refractivity contribution in [2.24, 2.45) is 0 Å². The Morgan fingerprint density at radius 2 is 2.04 bits per heavy atom. The highest BCUT2D eigenvalue weighted by Gasteiger charge is 2.05. The maximum absolute atomic E-state index is 12.9. The Morgan fingerprint density at radius 3 is 2.78 bits per heavy atom. The molecule has 1 N–H and O–H groups in total. The minimum absolute atomic E-state index is 0.242. The third kappa shape index (κ3) is 4.26. The summed E-state index contributed by atoms with van der Waals surface area (Å²) in [5.41, 5.74) is 1.95. The average Bonchev–Trinajstić information content (AvgIpc) is 3.23. The van der Waals surface area contributed by atoms with Crippen molar-refractivity contribution in [3.63, 3.8) is 0 Å².